The maximum atomic E-state index is 11.8. The number of benzene rings is 1. The second kappa shape index (κ2) is 6.40. The average molecular weight is 275 g/mol. The fourth-order valence-corrected chi connectivity index (χ4v) is 2.54. The van der Waals surface area contributed by atoms with E-state index in [4.69, 9.17) is 4.74 Å². The fraction of sp³-hybridized carbons (Fsp3) is 0.588. The summed E-state index contributed by atoms with van der Waals surface area (Å²) in [7, 11) is 0. The van der Waals surface area contributed by atoms with Crippen LogP contribution in [-0.2, 0) is 16.0 Å². The molecule has 20 heavy (non-hydrogen) atoms. The van der Waals surface area contributed by atoms with E-state index >= 15 is 0 Å². The van der Waals surface area contributed by atoms with E-state index in [1.165, 1.54) is 5.56 Å². The maximum absolute atomic E-state index is 11.8. The van der Waals surface area contributed by atoms with Gasteiger partial charge in [-0.2, -0.15) is 0 Å². The van der Waals surface area contributed by atoms with Crippen LogP contribution in [0.4, 0.5) is 0 Å². The third-order valence-electron chi connectivity index (χ3n) is 3.86. The number of carbonyl (C=O) groups is 1. The van der Waals surface area contributed by atoms with Crippen molar-refractivity contribution < 1.29 is 9.53 Å². The van der Waals surface area contributed by atoms with E-state index in [0.717, 1.165) is 19.5 Å². The van der Waals surface area contributed by atoms with E-state index in [0.29, 0.717) is 18.4 Å². The summed E-state index contributed by atoms with van der Waals surface area (Å²) in [6.07, 6.45) is 1.05. The normalized spacial score (nSPS) is 22.8. The van der Waals surface area contributed by atoms with E-state index in [-0.39, 0.29) is 5.97 Å². The average Bonchev–Trinajstić information content (AvgIpc) is 2.83. The fourth-order valence-electron chi connectivity index (χ4n) is 2.54. The Labute approximate surface area is 121 Å². The van der Waals surface area contributed by atoms with Gasteiger partial charge in [0.1, 0.15) is 0 Å². The summed E-state index contributed by atoms with van der Waals surface area (Å²) >= 11 is 0. The van der Waals surface area contributed by atoms with E-state index in [9.17, 15) is 4.79 Å². The Morgan fingerprint density at radius 3 is 2.50 bits per heavy atom. The van der Waals surface area contributed by atoms with Crippen molar-refractivity contribution >= 4 is 5.97 Å². The van der Waals surface area contributed by atoms with Crippen LogP contribution in [0.2, 0.25) is 0 Å². The number of hydrogen-bond donors (Lipinski definition) is 1. The molecule has 1 aliphatic heterocycles. The zero-order valence-corrected chi connectivity index (χ0v) is 12.7. The molecule has 1 aromatic rings. The van der Waals surface area contributed by atoms with Crippen LogP contribution >= 0.6 is 0 Å². The van der Waals surface area contributed by atoms with Gasteiger partial charge in [0.25, 0.3) is 0 Å². The second-order valence-corrected chi connectivity index (χ2v) is 6.72. The Kier molecular flexibility index (Phi) is 4.81. The lowest BCUT2D eigenvalue weighted by molar-refractivity contribution is -0.154. The topological polar surface area (TPSA) is 38.3 Å². The molecule has 1 fully saturated rings. The molecule has 2 atom stereocenters. The second-order valence-electron chi connectivity index (χ2n) is 6.72. The van der Waals surface area contributed by atoms with Crippen molar-refractivity contribution in [2.24, 2.45) is 17.3 Å². The van der Waals surface area contributed by atoms with E-state index in [1.54, 1.807) is 0 Å². The molecule has 1 N–H and O–H groups in total. The van der Waals surface area contributed by atoms with Crippen LogP contribution in [0.3, 0.4) is 0 Å². The maximum Gasteiger partial charge on any atom is 0.311 e. The molecule has 110 valence electrons. The van der Waals surface area contributed by atoms with Gasteiger partial charge < -0.3 is 10.1 Å². The first-order valence-electron chi connectivity index (χ1n) is 7.38. The summed E-state index contributed by atoms with van der Waals surface area (Å²) in [6, 6.07) is 10.5. The van der Waals surface area contributed by atoms with Crippen LogP contribution in [0.15, 0.2) is 30.3 Å². The molecule has 2 unspecified atom stereocenters. The highest BCUT2D eigenvalue weighted by molar-refractivity contribution is 5.75. The van der Waals surface area contributed by atoms with Gasteiger partial charge in [-0.05, 0) is 45.2 Å². The number of nitrogens with one attached hydrogen (secondary N) is 1. The van der Waals surface area contributed by atoms with Crippen molar-refractivity contribution in [3.05, 3.63) is 35.9 Å². The first-order chi connectivity index (χ1) is 9.47. The van der Waals surface area contributed by atoms with Gasteiger partial charge in [-0.15, -0.1) is 0 Å². The first-order valence-corrected chi connectivity index (χ1v) is 7.38. The number of carbonyl (C=O) groups excluding carboxylic acids is 1. The Balaban J connectivity index is 1.87. The molecule has 0 aliphatic carbocycles. The first kappa shape index (κ1) is 15.0. The zero-order chi connectivity index (χ0) is 14.6. The van der Waals surface area contributed by atoms with Crippen LogP contribution in [0.25, 0.3) is 0 Å². The minimum atomic E-state index is -0.416. The molecule has 3 nitrogen and oxygen atoms in total. The molecule has 0 saturated carbocycles. The van der Waals surface area contributed by atoms with E-state index in [2.05, 4.69) is 29.6 Å². The molecule has 0 spiro atoms. The number of rotatable bonds is 4. The molecule has 0 aromatic heterocycles. The Bertz CT molecular complexity index is 436. The van der Waals surface area contributed by atoms with Gasteiger partial charge in [0.15, 0.2) is 0 Å². The smallest absolute Gasteiger partial charge is 0.311 e. The molecule has 1 saturated heterocycles. The van der Waals surface area contributed by atoms with Gasteiger partial charge in [0.2, 0.25) is 0 Å². The predicted octanol–water partition coefficient (Wildman–Crippen LogP) is 2.65. The molecule has 2 rings (SSSR count). The quantitative estimate of drug-likeness (QED) is 0.859. The molecule has 3 heteroatoms. The lowest BCUT2D eigenvalue weighted by Crippen LogP contribution is -2.28. The van der Waals surface area contributed by atoms with Crippen molar-refractivity contribution in [3.8, 4) is 0 Å². The largest absolute Gasteiger partial charge is 0.465 e. The molecular formula is C17H25NO2. The molecule has 1 aromatic carbocycles. The van der Waals surface area contributed by atoms with Crippen molar-refractivity contribution in [2.75, 3.05) is 19.7 Å². The third kappa shape index (κ3) is 4.07. The highest BCUT2D eigenvalue weighted by Crippen LogP contribution is 2.23. The van der Waals surface area contributed by atoms with Crippen molar-refractivity contribution in [2.45, 2.75) is 27.2 Å². The van der Waals surface area contributed by atoms with Crippen LogP contribution in [0, 0.1) is 17.3 Å². The Morgan fingerprint density at radius 1 is 1.20 bits per heavy atom. The minimum Gasteiger partial charge on any atom is -0.465 e. The van der Waals surface area contributed by atoms with E-state index in [1.807, 2.05) is 26.8 Å². The number of ether oxygens (including phenoxy) is 1. The Hall–Kier alpha value is -1.35. The monoisotopic (exact) mass is 275 g/mol. The van der Waals surface area contributed by atoms with Crippen LogP contribution in [0.1, 0.15) is 26.3 Å². The van der Waals surface area contributed by atoms with Crippen LogP contribution < -0.4 is 5.32 Å². The molecule has 0 bridgehead atoms. The summed E-state index contributed by atoms with van der Waals surface area (Å²) in [5.41, 5.74) is 0.939. The van der Waals surface area contributed by atoms with Gasteiger partial charge in [0, 0.05) is 12.5 Å². The number of esters is 1. The highest BCUT2D eigenvalue weighted by atomic mass is 16.5. The molecule has 0 radical (unpaired) electrons. The molecule has 1 aliphatic rings. The predicted molar refractivity (Wildman–Crippen MR) is 80.4 cm³/mol. The molecule has 0 amide bonds. The van der Waals surface area contributed by atoms with Crippen LogP contribution in [0.5, 0.6) is 0 Å². The van der Waals surface area contributed by atoms with Crippen molar-refractivity contribution in [3.63, 3.8) is 0 Å². The SMILES string of the molecule is CC(C)(C)C(=O)OCC1CNCC1Cc1ccccc1. The zero-order valence-electron chi connectivity index (χ0n) is 12.7. The summed E-state index contributed by atoms with van der Waals surface area (Å²) in [5, 5.41) is 3.41. The van der Waals surface area contributed by atoms with Gasteiger partial charge >= 0.3 is 5.97 Å². The molecular weight excluding hydrogens is 250 g/mol. The van der Waals surface area contributed by atoms with Crippen molar-refractivity contribution in [1.82, 2.24) is 5.32 Å². The molecule has 1 heterocycles. The number of hydrogen-bond acceptors (Lipinski definition) is 3. The minimum absolute atomic E-state index is 0.108. The standard InChI is InChI=1S/C17H25NO2/c1-17(2,3)16(19)20-12-15-11-18-10-14(15)9-13-7-5-4-6-8-13/h4-8,14-15,18H,9-12H2,1-3H3. The van der Waals surface area contributed by atoms with Gasteiger partial charge in [-0.25, -0.2) is 0 Å². The van der Waals surface area contributed by atoms with E-state index < -0.39 is 5.41 Å². The Morgan fingerprint density at radius 2 is 1.85 bits per heavy atom. The van der Waals surface area contributed by atoms with Crippen molar-refractivity contribution in [1.29, 1.82) is 0 Å². The third-order valence-corrected chi connectivity index (χ3v) is 3.86. The lowest BCUT2D eigenvalue weighted by atomic mass is 9.90. The van der Waals surface area contributed by atoms with Crippen LogP contribution in [-0.4, -0.2) is 25.7 Å². The highest BCUT2D eigenvalue weighted by Gasteiger charge is 2.30. The van der Waals surface area contributed by atoms with Gasteiger partial charge in [-0.3, -0.25) is 4.79 Å². The summed E-state index contributed by atoms with van der Waals surface area (Å²) in [6.45, 7) is 8.15. The summed E-state index contributed by atoms with van der Waals surface area (Å²) < 4.78 is 5.48. The summed E-state index contributed by atoms with van der Waals surface area (Å²) in [4.78, 5) is 11.8. The summed E-state index contributed by atoms with van der Waals surface area (Å²) in [5.74, 6) is 0.856. The lowest BCUT2D eigenvalue weighted by Gasteiger charge is -2.22. The van der Waals surface area contributed by atoms with Gasteiger partial charge in [-0.1, -0.05) is 30.3 Å². The van der Waals surface area contributed by atoms with Gasteiger partial charge in [0.05, 0.1) is 12.0 Å².